The number of benzene rings is 2. The molecule has 1 aromatic heterocycles. The van der Waals surface area contributed by atoms with Gasteiger partial charge in [-0.2, -0.15) is 4.31 Å². The lowest BCUT2D eigenvalue weighted by molar-refractivity contribution is 0.0951. The normalized spacial score (nSPS) is 14.6. The van der Waals surface area contributed by atoms with Crippen LogP contribution in [0.25, 0.3) is 10.4 Å². The number of thioether (sulfide) groups is 1. The number of hydrogen-bond donors (Lipinski definition) is 1. The van der Waals surface area contributed by atoms with Gasteiger partial charge in [-0.15, -0.1) is 23.1 Å². The van der Waals surface area contributed by atoms with Crippen molar-refractivity contribution < 1.29 is 13.2 Å². The van der Waals surface area contributed by atoms with E-state index in [1.807, 2.05) is 48.7 Å². The van der Waals surface area contributed by atoms with Gasteiger partial charge in [0.2, 0.25) is 0 Å². The summed E-state index contributed by atoms with van der Waals surface area (Å²) >= 11 is 2.96. The molecule has 0 radical (unpaired) electrons. The zero-order chi connectivity index (χ0) is 21.8. The van der Waals surface area contributed by atoms with E-state index in [1.54, 1.807) is 34.3 Å². The van der Waals surface area contributed by atoms with Crippen LogP contribution in [0.3, 0.4) is 0 Å². The van der Waals surface area contributed by atoms with Gasteiger partial charge in [-0.05, 0) is 66.6 Å². The van der Waals surface area contributed by atoms with Gasteiger partial charge in [0, 0.05) is 35.0 Å². The number of amides is 1. The van der Waals surface area contributed by atoms with Crippen molar-refractivity contribution in [3.63, 3.8) is 0 Å². The summed E-state index contributed by atoms with van der Waals surface area (Å²) in [6.45, 7) is 1.67. The van der Waals surface area contributed by atoms with Gasteiger partial charge < -0.3 is 5.32 Å². The minimum absolute atomic E-state index is 0.135. The summed E-state index contributed by atoms with van der Waals surface area (Å²) in [5.74, 6) is -0.135. The zero-order valence-electron chi connectivity index (χ0n) is 17.2. The lowest BCUT2D eigenvalue weighted by Crippen LogP contribution is -2.27. The molecule has 0 unspecified atom stereocenters. The van der Waals surface area contributed by atoms with Crippen molar-refractivity contribution in [1.82, 2.24) is 9.62 Å². The highest BCUT2D eigenvalue weighted by molar-refractivity contribution is 7.98. The third kappa shape index (κ3) is 5.03. The molecule has 0 atom stereocenters. The van der Waals surface area contributed by atoms with Crippen LogP contribution in [0.4, 0.5) is 0 Å². The smallest absolute Gasteiger partial charge is 0.252 e. The molecular weight excluding hydrogens is 448 g/mol. The summed E-state index contributed by atoms with van der Waals surface area (Å²) in [5.41, 5.74) is 2.52. The molecular formula is C23H24N2O3S3. The van der Waals surface area contributed by atoms with Crippen molar-refractivity contribution in [3.05, 3.63) is 71.8 Å². The Morgan fingerprint density at radius 3 is 2.32 bits per heavy atom. The first-order chi connectivity index (χ1) is 15.0. The largest absolute Gasteiger partial charge is 0.348 e. The number of carbonyl (C=O) groups excluding carboxylic acids is 1. The second-order valence-corrected chi connectivity index (χ2v) is 11.5. The van der Waals surface area contributed by atoms with Crippen molar-refractivity contribution in [2.75, 3.05) is 19.3 Å². The quantitative estimate of drug-likeness (QED) is 0.499. The second-order valence-electron chi connectivity index (χ2n) is 7.34. The predicted molar refractivity (Wildman–Crippen MR) is 127 cm³/mol. The maximum absolute atomic E-state index is 12.7. The van der Waals surface area contributed by atoms with Gasteiger partial charge in [0.25, 0.3) is 15.9 Å². The minimum Gasteiger partial charge on any atom is -0.348 e. The van der Waals surface area contributed by atoms with E-state index in [-0.39, 0.29) is 5.91 Å². The van der Waals surface area contributed by atoms with Gasteiger partial charge in [-0.25, -0.2) is 8.42 Å². The Morgan fingerprint density at radius 1 is 1.00 bits per heavy atom. The van der Waals surface area contributed by atoms with E-state index in [0.29, 0.717) is 29.4 Å². The summed E-state index contributed by atoms with van der Waals surface area (Å²) in [5, 5.41) is 2.94. The molecule has 1 aliphatic heterocycles. The van der Waals surface area contributed by atoms with E-state index in [0.717, 1.165) is 28.8 Å². The molecule has 1 fully saturated rings. The Morgan fingerprint density at radius 2 is 1.68 bits per heavy atom. The lowest BCUT2D eigenvalue weighted by Gasteiger charge is -2.13. The van der Waals surface area contributed by atoms with Crippen LogP contribution >= 0.6 is 23.1 Å². The molecule has 31 heavy (non-hydrogen) atoms. The third-order valence-electron chi connectivity index (χ3n) is 5.28. The van der Waals surface area contributed by atoms with Crippen LogP contribution in [-0.4, -0.2) is 38.0 Å². The summed E-state index contributed by atoms with van der Waals surface area (Å²) < 4.78 is 27.4. The second kappa shape index (κ2) is 9.56. The summed E-state index contributed by atoms with van der Waals surface area (Å²) in [7, 11) is -3.40. The van der Waals surface area contributed by atoms with Gasteiger partial charge >= 0.3 is 0 Å². The van der Waals surface area contributed by atoms with Gasteiger partial charge in [0.05, 0.1) is 0 Å². The van der Waals surface area contributed by atoms with Gasteiger partial charge in [0.1, 0.15) is 4.21 Å². The SMILES string of the molecule is CSc1ccc(CNC(=O)c2ccc(-c3ccc(S(=O)(=O)N4CCCC4)s3)cc2)cc1. The molecule has 2 heterocycles. The fourth-order valence-corrected chi connectivity index (χ4v) is 6.87. The van der Waals surface area contributed by atoms with Crippen molar-refractivity contribution in [2.45, 2.75) is 28.5 Å². The van der Waals surface area contributed by atoms with Crippen LogP contribution in [0.5, 0.6) is 0 Å². The number of rotatable bonds is 7. The van der Waals surface area contributed by atoms with Gasteiger partial charge in [0.15, 0.2) is 0 Å². The highest BCUT2D eigenvalue weighted by atomic mass is 32.2. The molecule has 1 saturated heterocycles. The fraction of sp³-hybridized carbons (Fsp3) is 0.261. The van der Waals surface area contributed by atoms with Crippen molar-refractivity contribution in [1.29, 1.82) is 0 Å². The van der Waals surface area contributed by atoms with Crippen LogP contribution in [0.2, 0.25) is 0 Å². The molecule has 162 valence electrons. The average molecular weight is 473 g/mol. The summed E-state index contributed by atoms with van der Waals surface area (Å²) in [6.07, 6.45) is 3.87. The lowest BCUT2D eigenvalue weighted by atomic mass is 10.1. The highest BCUT2D eigenvalue weighted by Crippen LogP contribution is 2.33. The van der Waals surface area contributed by atoms with E-state index >= 15 is 0 Å². The summed E-state index contributed by atoms with van der Waals surface area (Å²) in [4.78, 5) is 14.5. The predicted octanol–water partition coefficient (Wildman–Crippen LogP) is 4.85. The highest BCUT2D eigenvalue weighted by Gasteiger charge is 2.28. The van der Waals surface area contributed by atoms with E-state index in [9.17, 15) is 13.2 Å². The topological polar surface area (TPSA) is 66.5 Å². The first kappa shape index (κ1) is 22.1. The van der Waals surface area contributed by atoms with Crippen LogP contribution in [-0.2, 0) is 16.6 Å². The Balaban J connectivity index is 1.41. The van der Waals surface area contributed by atoms with E-state index < -0.39 is 10.0 Å². The maximum atomic E-state index is 12.7. The number of sulfonamides is 1. The summed E-state index contributed by atoms with van der Waals surface area (Å²) in [6, 6.07) is 18.9. The molecule has 3 aromatic rings. The Labute approximate surface area is 191 Å². The molecule has 2 aromatic carbocycles. The zero-order valence-corrected chi connectivity index (χ0v) is 19.7. The van der Waals surface area contributed by atoms with Crippen LogP contribution in [0.1, 0.15) is 28.8 Å². The molecule has 1 N–H and O–H groups in total. The first-order valence-corrected chi connectivity index (χ1v) is 13.6. The monoisotopic (exact) mass is 472 g/mol. The Kier molecular flexibility index (Phi) is 6.81. The molecule has 0 aliphatic carbocycles. The first-order valence-electron chi connectivity index (χ1n) is 10.1. The van der Waals surface area contributed by atoms with Crippen molar-refractivity contribution >= 4 is 39.0 Å². The number of hydrogen-bond acceptors (Lipinski definition) is 5. The molecule has 0 saturated carbocycles. The minimum atomic E-state index is -3.40. The molecule has 0 bridgehead atoms. The van der Waals surface area contributed by atoms with Crippen LogP contribution in [0.15, 0.2) is 69.8 Å². The number of nitrogens with zero attached hydrogens (tertiary/aromatic N) is 1. The van der Waals surface area contributed by atoms with Gasteiger partial charge in [-0.3, -0.25) is 4.79 Å². The molecule has 5 nitrogen and oxygen atoms in total. The fourth-order valence-electron chi connectivity index (χ4n) is 3.48. The van der Waals surface area contributed by atoms with Gasteiger partial charge in [-0.1, -0.05) is 24.3 Å². The molecule has 0 spiro atoms. The molecule has 1 amide bonds. The Bertz CT molecular complexity index is 1150. The molecule has 1 aliphatic rings. The molecule has 8 heteroatoms. The van der Waals surface area contributed by atoms with E-state index in [1.165, 1.54) is 16.2 Å². The number of nitrogens with one attached hydrogen (secondary N) is 1. The Hall–Kier alpha value is -2.13. The average Bonchev–Trinajstić information content (AvgIpc) is 3.51. The van der Waals surface area contributed by atoms with Crippen LogP contribution in [0, 0.1) is 0 Å². The van der Waals surface area contributed by atoms with E-state index in [4.69, 9.17) is 0 Å². The maximum Gasteiger partial charge on any atom is 0.252 e. The van der Waals surface area contributed by atoms with Crippen molar-refractivity contribution in [3.8, 4) is 10.4 Å². The number of thiophene rings is 1. The number of carbonyl (C=O) groups is 1. The van der Waals surface area contributed by atoms with E-state index in [2.05, 4.69) is 5.32 Å². The standard InChI is InChI=1S/C23H24N2O3S3/c1-29-20-10-4-17(5-11-20)16-24-23(26)19-8-6-18(7-9-19)21-12-13-22(30-21)31(27,28)25-14-2-3-15-25/h4-13H,2-3,14-16H2,1H3,(H,24,26). The molecule has 4 rings (SSSR count). The van der Waals surface area contributed by atoms with Crippen molar-refractivity contribution in [2.24, 2.45) is 0 Å². The third-order valence-corrected chi connectivity index (χ3v) is 9.53. The van der Waals surface area contributed by atoms with Crippen LogP contribution < -0.4 is 5.32 Å².